The van der Waals surface area contributed by atoms with Gasteiger partial charge in [-0.3, -0.25) is 4.79 Å². The van der Waals surface area contributed by atoms with E-state index in [2.05, 4.69) is 6.58 Å². The first-order chi connectivity index (χ1) is 6.18. The summed E-state index contributed by atoms with van der Waals surface area (Å²) in [5.41, 5.74) is -0.352. The van der Waals surface area contributed by atoms with Crippen molar-refractivity contribution in [2.75, 3.05) is 6.61 Å². The molecule has 0 unspecified atom stereocenters. The van der Waals surface area contributed by atoms with Gasteiger partial charge in [-0.15, -0.1) is 6.58 Å². The topological polar surface area (TPSA) is 46.5 Å². The molecule has 0 atom stereocenters. The first-order valence-electron chi connectivity index (χ1n) is 4.65. The highest BCUT2D eigenvalue weighted by atomic mass is 16.5. The lowest BCUT2D eigenvalue weighted by Crippen LogP contribution is -2.42. The Bertz CT molecular complexity index is 194. The van der Waals surface area contributed by atoms with E-state index in [-0.39, 0.29) is 12.0 Å². The van der Waals surface area contributed by atoms with Crippen LogP contribution in [0.5, 0.6) is 0 Å². The number of carbonyl (C=O) groups is 1. The molecule has 1 aliphatic carbocycles. The van der Waals surface area contributed by atoms with Crippen LogP contribution in [0, 0.1) is 0 Å². The summed E-state index contributed by atoms with van der Waals surface area (Å²) in [6.45, 7) is 4.18. The molecule has 0 saturated heterocycles. The van der Waals surface area contributed by atoms with Gasteiger partial charge in [0.25, 0.3) is 0 Å². The SMILES string of the molecule is C=CCCOC1(CC(=O)O)CCC1. The van der Waals surface area contributed by atoms with E-state index in [1.54, 1.807) is 6.08 Å². The summed E-state index contributed by atoms with van der Waals surface area (Å²) in [5, 5.41) is 8.67. The molecule has 74 valence electrons. The normalized spacial score (nSPS) is 19.1. The van der Waals surface area contributed by atoms with Crippen LogP contribution in [-0.4, -0.2) is 23.3 Å². The second-order valence-corrected chi connectivity index (χ2v) is 3.53. The van der Waals surface area contributed by atoms with Gasteiger partial charge in [-0.1, -0.05) is 6.08 Å². The van der Waals surface area contributed by atoms with Crippen molar-refractivity contribution in [1.82, 2.24) is 0 Å². The maximum absolute atomic E-state index is 10.5. The maximum Gasteiger partial charge on any atom is 0.306 e. The van der Waals surface area contributed by atoms with Crippen LogP contribution in [-0.2, 0) is 9.53 Å². The number of rotatable bonds is 6. The second-order valence-electron chi connectivity index (χ2n) is 3.53. The van der Waals surface area contributed by atoms with Gasteiger partial charge in [0.1, 0.15) is 0 Å². The Morgan fingerprint density at radius 2 is 2.31 bits per heavy atom. The minimum atomic E-state index is -0.765. The van der Waals surface area contributed by atoms with Crippen LogP contribution in [0.4, 0.5) is 0 Å². The summed E-state index contributed by atoms with van der Waals surface area (Å²) in [4.78, 5) is 10.5. The van der Waals surface area contributed by atoms with Crippen LogP contribution in [0.25, 0.3) is 0 Å². The third kappa shape index (κ3) is 2.84. The summed E-state index contributed by atoms with van der Waals surface area (Å²) < 4.78 is 5.56. The molecule has 0 amide bonds. The van der Waals surface area contributed by atoms with E-state index in [0.29, 0.717) is 6.61 Å². The number of carboxylic acid groups (broad SMARTS) is 1. The molecule has 1 N–H and O–H groups in total. The first kappa shape index (κ1) is 10.3. The lowest BCUT2D eigenvalue weighted by molar-refractivity contribution is -0.154. The van der Waals surface area contributed by atoms with Gasteiger partial charge in [-0.25, -0.2) is 0 Å². The summed E-state index contributed by atoms with van der Waals surface area (Å²) in [6, 6.07) is 0. The molecule has 1 rings (SSSR count). The predicted octanol–water partition coefficient (Wildman–Crippen LogP) is 1.98. The van der Waals surface area contributed by atoms with Crippen LogP contribution in [0.2, 0.25) is 0 Å². The minimum absolute atomic E-state index is 0.143. The number of aliphatic carboxylic acids is 1. The van der Waals surface area contributed by atoms with Gasteiger partial charge in [0.2, 0.25) is 0 Å². The van der Waals surface area contributed by atoms with Gasteiger partial charge >= 0.3 is 5.97 Å². The Kier molecular flexibility index (Phi) is 3.48. The zero-order valence-electron chi connectivity index (χ0n) is 7.79. The van der Waals surface area contributed by atoms with Gasteiger partial charge in [0, 0.05) is 0 Å². The molecule has 0 heterocycles. The minimum Gasteiger partial charge on any atom is -0.481 e. The molecule has 3 nitrogen and oxygen atoms in total. The van der Waals surface area contributed by atoms with Crippen molar-refractivity contribution < 1.29 is 14.6 Å². The van der Waals surface area contributed by atoms with Crippen molar-refractivity contribution in [3.63, 3.8) is 0 Å². The van der Waals surface area contributed by atoms with E-state index < -0.39 is 5.97 Å². The molecule has 0 aromatic carbocycles. The Hall–Kier alpha value is -0.830. The van der Waals surface area contributed by atoms with Crippen LogP contribution in [0.3, 0.4) is 0 Å². The van der Waals surface area contributed by atoms with E-state index in [0.717, 1.165) is 25.7 Å². The molecule has 0 aliphatic heterocycles. The number of ether oxygens (including phenoxy) is 1. The quantitative estimate of drug-likeness (QED) is 0.507. The summed E-state index contributed by atoms with van der Waals surface area (Å²) in [6.07, 6.45) is 5.58. The van der Waals surface area contributed by atoms with E-state index in [1.165, 1.54) is 0 Å². The van der Waals surface area contributed by atoms with Crippen molar-refractivity contribution in [3.05, 3.63) is 12.7 Å². The van der Waals surface area contributed by atoms with Crippen molar-refractivity contribution in [3.8, 4) is 0 Å². The Labute approximate surface area is 78.4 Å². The van der Waals surface area contributed by atoms with Gasteiger partial charge in [-0.2, -0.15) is 0 Å². The lowest BCUT2D eigenvalue weighted by Gasteiger charge is -2.40. The van der Waals surface area contributed by atoms with Crippen LogP contribution >= 0.6 is 0 Å². The molecule has 3 heteroatoms. The molecule has 13 heavy (non-hydrogen) atoms. The third-order valence-corrected chi connectivity index (χ3v) is 2.47. The standard InChI is InChI=1S/C10H16O3/c1-2-3-7-13-10(5-4-6-10)8-9(11)12/h2H,1,3-8H2,(H,11,12). The van der Waals surface area contributed by atoms with Crippen molar-refractivity contribution in [2.24, 2.45) is 0 Å². The average molecular weight is 184 g/mol. The highest BCUT2D eigenvalue weighted by Crippen LogP contribution is 2.38. The van der Waals surface area contributed by atoms with E-state index in [9.17, 15) is 4.79 Å². The number of hydrogen-bond donors (Lipinski definition) is 1. The number of hydrogen-bond acceptors (Lipinski definition) is 2. The lowest BCUT2D eigenvalue weighted by atomic mass is 9.77. The zero-order valence-corrected chi connectivity index (χ0v) is 7.79. The Morgan fingerprint density at radius 1 is 1.62 bits per heavy atom. The van der Waals surface area contributed by atoms with Crippen LogP contribution in [0.1, 0.15) is 32.1 Å². The van der Waals surface area contributed by atoms with Crippen molar-refractivity contribution in [2.45, 2.75) is 37.7 Å². The molecule has 0 bridgehead atoms. The Balaban J connectivity index is 2.31. The highest BCUT2D eigenvalue weighted by molar-refractivity contribution is 5.68. The van der Waals surface area contributed by atoms with Crippen LogP contribution < -0.4 is 0 Å². The van der Waals surface area contributed by atoms with E-state index in [1.807, 2.05) is 0 Å². The third-order valence-electron chi connectivity index (χ3n) is 2.47. The molecule has 0 spiro atoms. The summed E-state index contributed by atoms with van der Waals surface area (Å²) >= 11 is 0. The fourth-order valence-electron chi connectivity index (χ4n) is 1.58. The van der Waals surface area contributed by atoms with Crippen LogP contribution in [0.15, 0.2) is 12.7 Å². The highest BCUT2D eigenvalue weighted by Gasteiger charge is 2.39. The Morgan fingerprint density at radius 3 is 2.69 bits per heavy atom. The van der Waals surface area contributed by atoms with Gasteiger partial charge < -0.3 is 9.84 Å². The molecule has 1 saturated carbocycles. The number of carboxylic acids is 1. The first-order valence-corrected chi connectivity index (χ1v) is 4.65. The molecule has 1 aliphatic rings. The van der Waals surface area contributed by atoms with Gasteiger partial charge in [0.15, 0.2) is 0 Å². The van der Waals surface area contributed by atoms with Crippen molar-refractivity contribution in [1.29, 1.82) is 0 Å². The fraction of sp³-hybridized carbons (Fsp3) is 0.700. The molecule has 0 aromatic rings. The summed E-state index contributed by atoms with van der Waals surface area (Å²) in [7, 11) is 0. The molecule has 1 fully saturated rings. The summed E-state index contributed by atoms with van der Waals surface area (Å²) in [5.74, 6) is -0.765. The molecular formula is C10H16O3. The second kappa shape index (κ2) is 4.42. The van der Waals surface area contributed by atoms with Crippen molar-refractivity contribution >= 4 is 5.97 Å². The zero-order chi connectivity index (χ0) is 9.73. The monoisotopic (exact) mass is 184 g/mol. The van der Waals surface area contributed by atoms with E-state index in [4.69, 9.17) is 9.84 Å². The smallest absolute Gasteiger partial charge is 0.306 e. The fourth-order valence-corrected chi connectivity index (χ4v) is 1.58. The predicted molar refractivity (Wildman–Crippen MR) is 49.6 cm³/mol. The van der Waals surface area contributed by atoms with E-state index >= 15 is 0 Å². The molecule has 0 radical (unpaired) electrons. The van der Waals surface area contributed by atoms with Gasteiger partial charge in [0.05, 0.1) is 18.6 Å². The molecular weight excluding hydrogens is 168 g/mol. The maximum atomic E-state index is 10.5. The average Bonchev–Trinajstić information content (AvgIpc) is 1.99. The molecule has 0 aromatic heterocycles. The largest absolute Gasteiger partial charge is 0.481 e. The van der Waals surface area contributed by atoms with Gasteiger partial charge in [-0.05, 0) is 25.7 Å².